The molecule has 0 amide bonds. The van der Waals surface area contributed by atoms with E-state index in [9.17, 15) is 0 Å². The molecular weight excluding hydrogens is 336 g/mol. The normalized spacial score (nSPS) is 16.3. The molecule has 2 aromatic heterocycles. The van der Waals surface area contributed by atoms with Crippen molar-refractivity contribution in [3.05, 3.63) is 41.2 Å². The summed E-state index contributed by atoms with van der Waals surface area (Å²) >= 11 is 0. The Kier molecular flexibility index (Phi) is 6.72. The highest BCUT2D eigenvalue weighted by Crippen LogP contribution is 2.25. The lowest BCUT2D eigenvalue weighted by atomic mass is 9.95. The molecule has 0 bridgehead atoms. The largest absolute Gasteiger partial charge is 0.341 e. The number of hydrogen-bond acceptors (Lipinski definition) is 6. The Hall–Kier alpha value is -2.08. The fraction of sp³-hybridized carbons (Fsp3) is 0.619. The van der Waals surface area contributed by atoms with E-state index in [0.717, 1.165) is 41.6 Å². The third-order valence-electron chi connectivity index (χ3n) is 5.60. The lowest BCUT2D eigenvalue weighted by Gasteiger charge is -2.31. The van der Waals surface area contributed by atoms with E-state index in [0.29, 0.717) is 6.04 Å². The minimum absolute atomic E-state index is 0.171. The molecule has 2 heterocycles. The van der Waals surface area contributed by atoms with E-state index in [2.05, 4.69) is 53.0 Å². The summed E-state index contributed by atoms with van der Waals surface area (Å²) in [5.41, 5.74) is 3.27. The summed E-state index contributed by atoms with van der Waals surface area (Å²) in [4.78, 5) is 20.4. The van der Waals surface area contributed by atoms with Crippen molar-refractivity contribution in [2.45, 2.75) is 77.9 Å². The van der Waals surface area contributed by atoms with E-state index in [1.54, 1.807) is 0 Å². The SMILES string of the molecule is CCc1ncc(CN[C@H](C)c2cnc(N(C)C3CCCCC3)nc2C)cn1. The Morgan fingerprint density at radius 1 is 1.11 bits per heavy atom. The number of rotatable bonds is 7. The fourth-order valence-corrected chi connectivity index (χ4v) is 3.73. The maximum atomic E-state index is 4.80. The van der Waals surface area contributed by atoms with Crippen molar-refractivity contribution in [1.82, 2.24) is 25.3 Å². The fourth-order valence-electron chi connectivity index (χ4n) is 3.73. The van der Waals surface area contributed by atoms with Crippen LogP contribution in [-0.2, 0) is 13.0 Å². The summed E-state index contributed by atoms with van der Waals surface area (Å²) in [6, 6.07) is 0.746. The highest BCUT2D eigenvalue weighted by Gasteiger charge is 2.21. The molecule has 27 heavy (non-hydrogen) atoms. The van der Waals surface area contributed by atoms with E-state index in [1.807, 2.05) is 18.6 Å². The van der Waals surface area contributed by atoms with Gasteiger partial charge in [0.1, 0.15) is 5.82 Å². The molecule has 1 N–H and O–H groups in total. The van der Waals surface area contributed by atoms with Crippen LogP contribution in [-0.4, -0.2) is 33.0 Å². The van der Waals surface area contributed by atoms with E-state index in [-0.39, 0.29) is 6.04 Å². The van der Waals surface area contributed by atoms with Gasteiger partial charge in [0.2, 0.25) is 5.95 Å². The molecule has 1 aliphatic carbocycles. The van der Waals surface area contributed by atoms with E-state index >= 15 is 0 Å². The summed E-state index contributed by atoms with van der Waals surface area (Å²) < 4.78 is 0. The molecule has 3 rings (SSSR count). The monoisotopic (exact) mass is 368 g/mol. The van der Waals surface area contributed by atoms with Crippen molar-refractivity contribution < 1.29 is 0 Å². The first-order valence-corrected chi connectivity index (χ1v) is 10.2. The highest BCUT2D eigenvalue weighted by atomic mass is 15.3. The molecule has 146 valence electrons. The third-order valence-corrected chi connectivity index (χ3v) is 5.60. The van der Waals surface area contributed by atoms with Gasteiger partial charge in [-0.1, -0.05) is 26.2 Å². The molecule has 6 nitrogen and oxygen atoms in total. The zero-order valence-electron chi connectivity index (χ0n) is 17.1. The molecule has 1 atom stereocenters. The summed E-state index contributed by atoms with van der Waals surface area (Å²) in [5, 5.41) is 3.53. The standard InChI is InChI=1S/C21H32N6/c1-5-20-23-12-17(13-24-20)11-22-15(2)19-14-25-21(26-16(19)3)27(4)18-9-7-6-8-10-18/h12-15,18,22H,5-11H2,1-4H3/t15-/m1/s1. The van der Waals surface area contributed by atoms with Crippen molar-refractivity contribution in [2.24, 2.45) is 0 Å². The van der Waals surface area contributed by atoms with Gasteiger partial charge in [0.05, 0.1) is 0 Å². The van der Waals surface area contributed by atoms with Crippen LogP contribution in [0.25, 0.3) is 0 Å². The minimum atomic E-state index is 0.171. The van der Waals surface area contributed by atoms with Crippen LogP contribution in [0.1, 0.15) is 74.6 Å². The van der Waals surface area contributed by atoms with Crippen LogP contribution < -0.4 is 10.2 Å². The van der Waals surface area contributed by atoms with Gasteiger partial charge in [-0.3, -0.25) is 0 Å². The van der Waals surface area contributed by atoms with Crippen LogP contribution in [0.15, 0.2) is 18.6 Å². The van der Waals surface area contributed by atoms with Gasteiger partial charge in [0, 0.05) is 67.5 Å². The average Bonchev–Trinajstić information content (AvgIpc) is 2.72. The molecule has 0 saturated heterocycles. The topological polar surface area (TPSA) is 66.8 Å². The van der Waals surface area contributed by atoms with Gasteiger partial charge in [0.25, 0.3) is 0 Å². The van der Waals surface area contributed by atoms with E-state index < -0.39 is 0 Å². The Morgan fingerprint density at radius 2 is 1.81 bits per heavy atom. The first kappa shape index (κ1) is 19.7. The lowest BCUT2D eigenvalue weighted by Crippen LogP contribution is -2.34. The van der Waals surface area contributed by atoms with Crippen LogP contribution >= 0.6 is 0 Å². The number of hydrogen-bond donors (Lipinski definition) is 1. The van der Waals surface area contributed by atoms with Gasteiger partial charge in [-0.2, -0.15) is 0 Å². The zero-order chi connectivity index (χ0) is 19.2. The highest BCUT2D eigenvalue weighted by molar-refractivity contribution is 5.34. The molecule has 0 unspecified atom stereocenters. The van der Waals surface area contributed by atoms with Crippen LogP contribution in [0.4, 0.5) is 5.95 Å². The molecule has 1 aliphatic rings. The van der Waals surface area contributed by atoms with Gasteiger partial charge in [-0.05, 0) is 26.7 Å². The summed E-state index contributed by atoms with van der Waals surface area (Å²) in [6.45, 7) is 7.02. The second-order valence-corrected chi connectivity index (χ2v) is 7.58. The Labute approximate surface area is 162 Å². The van der Waals surface area contributed by atoms with Crippen molar-refractivity contribution in [1.29, 1.82) is 0 Å². The number of aromatic nitrogens is 4. The van der Waals surface area contributed by atoms with Crippen LogP contribution in [0, 0.1) is 6.92 Å². The minimum Gasteiger partial charge on any atom is -0.341 e. The van der Waals surface area contributed by atoms with Crippen LogP contribution in [0.3, 0.4) is 0 Å². The summed E-state index contributed by atoms with van der Waals surface area (Å²) in [6.07, 6.45) is 13.1. The Bertz CT molecular complexity index is 724. The van der Waals surface area contributed by atoms with E-state index in [4.69, 9.17) is 4.98 Å². The first-order valence-electron chi connectivity index (χ1n) is 10.2. The molecule has 6 heteroatoms. The van der Waals surface area contributed by atoms with Gasteiger partial charge in [-0.25, -0.2) is 19.9 Å². The number of aryl methyl sites for hydroxylation is 2. The van der Waals surface area contributed by atoms with Crippen LogP contribution in [0.5, 0.6) is 0 Å². The van der Waals surface area contributed by atoms with Gasteiger partial charge >= 0.3 is 0 Å². The number of anilines is 1. The predicted molar refractivity (Wildman–Crippen MR) is 109 cm³/mol. The lowest BCUT2D eigenvalue weighted by molar-refractivity contribution is 0.423. The number of nitrogens with one attached hydrogen (secondary N) is 1. The quantitative estimate of drug-likeness (QED) is 0.803. The molecule has 2 aromatic rings. The molecule has 0 radical (unpaired) electrons. The Morgan fingerprint density at radius 3 is 2.44 bits per heavy atom. The van der Waals surface area contributed by atoms with Crippen molar-refractivity contribution in [3.8, 4) is 0 Å². The maximum absolute atomic E-state index is 4.80. The Balaban J connectivity index is 1.61. The number of nitrogens with zero attached hydrogens (tertiary/aromatic N) is 5. The van der Waals surface area contributed by atoms with Crippen LogP contribution in [0.2, 0.25) is 0 Å². The van der Waals surface area contributed by atoms with Gasteiger partial charge < -0.3 is 10.2 Å². The smallest absolute Gasteiger partial charge is 0.225 e. The summed E-state index contributed by atoms with van der Waals surface area (Å²) in [7, 11) is 2.13. The first-order chi connectivity index (χ1) is 13.1. The average molecular weight is 369 g/mol. The molecule has 0 aliphatic heterocycles. The molecule has 0 spiro atoms. The molecule has 1 fully saturated rings. The third kappa shape index (κ3) is 5.01. The summed E-state index contributed by atoms with van der Waals surface area (Å²) in [5.74, 6) is 1.73. The van der Waals surface area contributed by atoms with Gasteiger partial charge in [0.15, 0.2) is 0 Å². The molecule has 1 saturated carbocycles. The van der Waals surface area contributed by atoms with Crippen molar-refractivity contribution in [2.75, 3.05) is 11.9 Å². The second-order valence-electron chi connectivity index (χ2n) is 7.58. The van der Waals surface area contributed by atoms with Gasteiger partial charge in [-0.15, -0.1) is 0 Å². The molecule has 0 aromatic carbocycles. The second kappa shape index (κ2) is 9.22. The zero-order valence-corrected chi connectivity index (χ0v) is 17.1. The van der Waals surface area contributed by atoms with E-state index in [1.165, 1.54) is 32.1 Å². The molecular formula is C21H32N6. The van der Waals surface area contributed by atoms with Crippen molar-refractivity contribution in [3.63, 3.8) is 0 Å². The maximum Gasteiger partial charge on any atom is 0.225 e. The predicted octanol–water partition coefficient (Wildman–Crippen LogP) is 3.76. The van der Waals surface area contributed by atoms with Crippen molar-refractivity contribution >= 4 is 5.95 Å².